The molecule has 1 saturated heterocycles. The van der Waals surface area contributed by atoms with Crippen LogP contribution in [0.25, 0.3) is 0 Å². The molecule has 0 N–H and O–H groups in total. The number of hydrogen-bond acceptors (Lipinski definition) is 5. The van der Waals surface area contributed by atoms with Crippen LogP contribution >= 0.6 is 0 Å². The van der Waals surface area contributed by atoms with Crippen molar-refractivity contribution in [1.29, 1.82) is 0 Å². The highest BCUT2D eigenvalue weighted by Gasteiger charge is 2.16. The molecule has 6 nitrogen and oxygen atoms in total. The molecule has 25 heavy (non-hydrogen) atoms. The molecular weight excluding hydrogens is 320 g/mol. The van der Waals surface area contributed by atoms with E-state index in [0.717, 1.165) is 18.8 Å². The van der Waals surface area contributed by atoms with E-state index in [4.69, 9.17) is 9.47 Å². The minimum atomic E-state index is -0.400. The zero-order chi connectivity index (χ0) is 17.6. The molecule has 1 aliphatic heterocycles. The third-order valence-corrected chi connectivity index (χ3v) is 4.01. The summed E-state index contributed by atoms with van der Waals surface area (Å²) in [5, 5.41) is 10.9. The Morgan fingerprint density at radius 1 is 1.28 bits per heavy atom. The van der Waals surface area contributed by atoms with Gasteiger partial charge in [0.05, 0.1) is 11.5 Å². The summed E-state index contributed by atoms with van der Waals surface area (Å²) in [5.41, 5.74) is 1.91. The minimum absolute atomic E-state index is 0.0861. The van der Waals surface area contributed by atoms with Gasteiger partial charge in [0.15, 0.2) is 0 Å². The van der Waals surface area contributed by atoms with Gasteiger partial charge in [-0.05, 0) is 24.6 Å². The lowest BCUT2D eigenvalue weighted by Gasteiger charge is -2.28. The van der Waals surface area contributed by atoms with Gasteiger partial charge in [0, 0.05) is 24.7 Å². The molecule has 0 aliphatic carbocycles. The maximum Gasteiger partial charge on any atom is 0.272 e. The average Bonchev–Trinajstić information content (AvgIpc) is 2.61. The fourth-order valence-corrected chi connectivity index (χ4v) is 2.74. The monoisotopic (exact) mass is 340 g/mol. The van der Waals surface area contributed by atoms with E-state index in [0.29, 0.717) is 24.5 Å². The van der Waals surface area contributed by atoms with Crippen LogP contribution in [0, 0.1) is 17.0 Å². The third kappa shape index (κ3) is 4.58. The standard InChI is InChI=1S/C19H20N2O4/c1-15-11-17(7-8-19(15)21(22)23)25-14-18-13-20(9-10-24-18)12-16-5-3-2-4-6-16/h2-8,11,14H,9-10,12-13H2,1H3. The molecule has 2 aromatic carbocycles. The summed E-state index contributed by atoms with van der Waals surface area (Å²) in [7, 11) is 0. The molecule has 1 fully saturated rings. The summed E-state index contributed by atoms with van der Waals surface area (Å²) in [6.45, 7) is 4.69. The highest BCUT2D eigenvalue weighted by Crippen LogP contribution is 2.23. The van der Waals surface area contributed by atoms with Gasteiger partial charge in [0.1, 0.15) is 24.4 Å². The van der Waals surface area contributed by atoms with Crippen LogP contribution in [0.5, 0.6) is 5.75 Å². The van der Waals surface area contributed by atoms with Gasteiger partial charge in [-0.1, -0.05) is 30.3 Å². The number of benzene rings is 2. The Labute approximate surface area is 146 Å². The predicted molar refractivity (Wildman–Crippen MR) is 94.2 cm³/mol. The second-order valence-electron chi connectivity index (χ2n) is 5.95. The quantitative estimate of drug-likeness (QED) is 0.472. The number of nitrogens with zero attached hydrogens (tertiary/aromatic N) is 2. The molecule has 0 unspecified atom stereocenters. The van der Waals surface area contributed by atoms with Crippen molar-refractivity contribution in [2.75, 3.05) is 19.7 Å². The van der Waals surface area contributed by atoms with E-state index in [2.05, 4.69) is 17.0 Å². The second-order valence-corrected chi connectivity index (χ2v) is 5.95. The lowest BCUT2D eigenvalue weighted by Crippen LogP contribution is -2.34. The summed E-state index contributed by atoms with van der Waals surface area (Å²) in [4.78, 5) is 12.7. The first kappa shape index (κ1) is 17.0. The van der Waals surface area contributed by atoms with E-state index in [1.165, 1.54) is 11.6 Å². The first-order chi connectivity index (χ1) is 12.1. The van der Waals surface area contributed by atoms with Crippen molar-refractivity contribution in [3.8, 4) is 5.75 Å². The van der Waals surface area contributed by atoms with Crippen LogP contribution in [0.4, 0.5) is 5.69 Å². The number of morpholine rings is 1. The molecule has 0 radical (unpaired) electrons. The first-order valence-corrected chi connectivity index (χ1v) is 8.11. The van der Waals surface area contributed by atoms with Crippen LogP contribution in [-0.4, -0.2) is 29.5 Å². The smallest absolute Gasteiger partial charge is 0.272 e. The SMILES string of the molecule is Cc1cc(OC=C2CN(Cc3ccccc3)CCO2)ccc1[N+](=O)[O-]. The van der Waals surface area contributed by atoms with Crippen molar-refractivity contribution in [2.24, 2.45) is 0 Å². The molecule has 0 spiro atoms. The molecule has 1 aliphatic rings. The lowest BCUT2D eigenvalue weighted by molar-refractivity contribution is -0.385. The van der Waals surface area contributed by atoms with Crippen LogP contribution in [0.1, 0.15) is 11.1 Å². The Hall–Kier alpha value is -2.86. The molecule has 1 heterocycles. The molecule has 3 rings (SSSR count). The summed E-state index contributed by atoms with van der Waals surface area (Å²) in [6, 6.07) is 15.0. The maximum absolute atomic E-state index is 10.9. The maximum atomic E-state index is 10.9. The van der Waals surface area contributed by atoms with Crippen molar-refractivity contribution in [3.05, 3.63) is 81.8 Å². The number of aryl methyl sites for hydroxylation is 1. The highest BCUT2D eigenvalue weighted by molar-refractivity contribution is 5.44. The Morgan fingerprint density at radius 3 is 2.80 bits per heavy atom. The summed E-state index contributed by atoms with van der Waals surface area (Å²) in [6.07, 6.45) is 1.58. The van der Waals surface area contributed by atoms with Gasteiger partial charge in [-0.2, -0.15) is 0 Å². The largest absolute Gasteiger partial charge is 0.492 e. The van der Waals surface area contributed by atoms with Gasteiger partial charge in [-0.3, -0.25) is 15.0 Å². The number of nitro groups is 1. The number of hydrogen-bond donors (Lipinski definition) is 0. The van der Waals surface area contributed by atoms with Gasteiger partial charge in [0.2, 0.25) is 0 Å². The van der Waals surface area contributed by atoms with Gasteiger partial charge >= 0.3 is 0 Å². The fourth-order valence-electron chi connectivity index (χ4n) is 2.74. The zero-order valence-electron chi connectivity index (χ0n) is 14.1. The molecule has 6 heteroatoms. The Kier molecular flexibility index (Phi) is 5.30. The van der Waals surface area contributed by atoms with Crippen molar-refractivity contribution in [3.63, 3.8) is 0 Å². The predicted octanol–water partition coefficient (Wildman–Crippen LogP) is 3.66. The average molecular weight is 340 g/mol. The molecule has 0 atom stereocenters. The first-order valence-electron chi connectivity index (χ1n) is 8.11. The summed E-state index contributed by atoms with van der Waals surface area (Å²) < 4.78 is 11.3. The van der Waals surface area contributed by atoms with E-state index in [-0.39, 0.29) is 5.69 Å². The Bertz CT molecular complexity index is 774. The molecular formula is C19H20N2O4. The summed E-state index contributed by atoms with van der Waals surface area (Å²) in [5.74, 6) is 1.30. The van der Waals surface area contributed by atoms with Crippen molar-refractivity contribution < 1.29 is 14.4 Å². The number of ether oxygens (including phenoxy) is 2. The van der Waals surface area contributed by atoms with E-state index < -0.39 is 4.92 Å². The van der Waals surface area contributed by atoms with Gasteiger partial charge in [-0.15, -0.1) is 0 Å². The van der Waals surface area contributed by atoms with Gasteiger partial charge in [-0.25, -0.2) is 0 Å². The number of rotatable bonds is 5. The van der Waals surface area contributed by atoms with Gasteiger partial charge in [0.25, 0.3) is 5.69 Å². The van der Waals surface area contributed by atoms with E-state index >= 15 is 0 Å². The fraction of sp³-hybridized carbons (Fsp3) is 0.263. The minimum Gasteiger partial charge on any atom is -0.492 e. The molecule has 0 aromatic heterocycles. The third-order valence-electron chi connectivity index (χ3n) is 4.01. The van der Waals surface area contributed by atoms with E-state index in [1.807, 2.05) is 18.2 Å². The second kappa shape index (κ2) is 7.81. The van der Waals surface area contributed by atoms with E-state index in [1.54, 1.807) is 25.3 Å². The van der Waals surface area contributed by atoms with E-state index in [9.17, 15) is 10.1 Å². The Balaban J connectivity index is 1.61. The van der Waals surface area contributed by atoms with Crippen LogP contribution in [0.15, 0.2) is 60.6 Å². The molecule has 130 valence electrons. The molecule has 0 amide bonds. The van der Waals surface area contributed by atoms with Crippen LogP contribution in [0.2, 0.25) is 0 Å². The summed E-state index contributed by atoms with van der Waals surface area (Å²) >= 11 is 0. The topological polar surface area (TPSA) is 64.8 Å². The zero-order valence-corrected chi connectivity index (χ0v) is 14.1. The van der Waals surface area contributed by atoms with Crippen molar-refractivity contribution >= 4 is 5.69 Å². The lowest BCUT2D eigenvalue weighted by atomic mass is 10.2. The van der Waals surface area contributed by atoms with Crippen LogP contribution < -0.4 is 4.74 Å². The Morgan fingerprint density at radius 2 is 2.08 bits per heavy atom. The van der Waals surface area contributed by atoms with Crippen molar-refractivity contribution in [1.82, 2.24) is 4.90 Å². The normalized spacial score (nSPS) is 16.4. The highest BCUT2D eigenvalue weighted by atomic mass is 16.6. The molecule has 0 bridgehead atoms. The molecule has 2 aromatic rings. The van der Waals surface area contributed by atoms with Crippen molar-refractivity contribution in [2.45, 2.75) is 13.5 Å². The van der Waals surface area contributed by atoms with Crippen LogP contribution in [-0.2, 0) is 11.3 Å². The van der Waals surface area contributed by atoms with Gasteiger partial charge < -0.3 is 9.47 Å². The number of nitro benzene ring substituents is 1. The van der Waals surface area contributed by atoms with Crippen LogP contribution in [0.3, 0.4) is 0 Å². The molecule has 0 saturated carbocycles.